The number of nitrogens with one attached hydrogen (secondary N) is 2. The van der Waals surface area contributed by atoms with Gasteiger partial charge in [-0.1, -0.05) is 11.6 Å². The summed E-state index contributed by atoms with van der Waals surface area (Å²) in [6, 6.07) is 5.83. The number of aryl methyl sites for hydroxylation is 2. The van der Waals surface area contributed by atoms with Crippen LogP contribution in [-0.2, 0) is 6.54 Å². The first-order chi connectivity index (χ1) is 10.1. The summed E-state index contributed by atoms with van der Waals surface area (Å²) in [5.74, 6) is 1.11. The number of fused-ring (bicyclic) bond motifs is 1. The van der Waals surface area contributed by atoms with Gasteiger partial charge in [0.05, 0.1) is 10.7 Å². The second-order valence-electron chi connectivity index (χ2n) is 4.70. The number of H-pyrrole nitrogens is 1. The number of hydrogen-bond acceptors (Lipinski definition) is 5. The number of nitriles is 1. The van der Waals surface area contributed by atoms with E-state index < -0.39 is 0 Å². The maximum absolute atomic E-state index is 9.08. The van der Waals surface area contributed by atoms with Crippen LogP contribution in [0.1, 0.15) is 22.7 Å². The fraction of sp³-hybridized carbons (Fsp3) is 0.214. The summed E-state index contributed by atoms with van der Waals surface area (Å²) in [6.45, 7) is 4.07. The molecule has 0 saturated heterocycles. The van der Waals surface area contributed by atoms with Crippen LogP contribution in [0.25, 0.3) is 11.1 Å². The highest BCUT2D eigenvalue weighted by Crippen LogP contribution is 2.26. The van der Waals surface area contributed by atoms with Gasteiger partial charge in [-0.15, -0.1) is 0 Å². The fourth-order valence-electron chi connectivity index (χ4n) is 2.14. The van der Waals surface area contributed by atoms with Crippen molar-refractivity contribution in [1.82, 2.24) is 15.2 Å². The summed E-state index contributed by atoms with van der Waals surface area (Å²) >= 11 is 6.18. The number of halogens is 1. The molecule has 2 heterocycles. The number of aromatic amines is 1. The molecule has 7 heteroatoms. The van der Waals surface area contributed by atoms with Gasteiger partial charge in [-0.05, 0) is 24.6 Å². The Hall–Kier alpha value is -2.52. The van der Waals surface area contributed by atoms with E-state index in [1.165, 1.54) is 0 Å². The van der Waals surface area contributed by atoms with Crippen molar-refractivity contribution >= 4 is 28.5 Å². The molecule has 3 aromatic rings. The molecular weight excluding hydrogens is 290 g/mol. The fourth-order valence-corrected chi connectivity index (χ4v) is 2.41. The van der Waals surface area contributed by atoms with Gasteiger partial charge < -0.3 is 9.73 Å². The highest BCUT2D eigenvalue weighted by Gasteiger charge is 2.11. The Morgan fingerprint density at radius 2 is 2.24 bits per heavy atom. The van der Waals surface area contributed by atoms with Gasteiger partial charge >= 0.3 is 0 Å². The summed E-state index contributed by atoms with van der Waals surface area (Å²) < 4.78 is 5.43. The van der Waals surface area contributed by atoms with Crippen molar-refractivity contribution in [3.63, 3.8) is 0 Å². The van der Waals surface area contributed by atoms with Crippen molar-refractivity contribution in [2.75, 3.05) is 5.32 Å². The molecule has 0 spiro atoms. The van der Waals surface area contributed by atoms with Crippen LogP contribution in [0.4, 0.5) is 5.82 Å². The van der Waals surface area contributed by atoms with Crippen LogP contribution in [0, 0.1) is 25.2 Å². The number of benzene rings is 1. The Morgan fingerprint density at radius 1 is 1.43 bits per heavy atom. The Morgan fingerprint density at radius 3 is 3.00 bits per heavy atom. The van der Waals surface area contributed by atoms with Gasteiger partial charge in [0, 0.05) is 13.5 Å². The molecule has 0 bridgehead atoms. The molecule has 1 aromatic carbocycles. The molecule has 3 rings (SSSR count). The van der Waals surface area contributed by atoms with Crippen LogP contribution in [0.3, 0.4) is 0 Å². The number of nitrogens with zero attached hydrogens (tertiary/aromatic N) is 3. The van der Waals surface area contributed by atoms with Crippen molar-refractivity contribution in [3.8, 4) is 6.07 Å². The number of hydrogen-bond donors (Lipinski definition) is 2. The summed E-state index contributed by atoms with van der Waals surface area (Å²) in [5.41, 5.74) is 3.49. The van der Waals surface area contributed by atoms with Gasteiger partial charge in [0.25, 0.3) is 0 Å². The topological polar surface area (TPSA) is 90.5 Å². The van der Waals surface area contributed by atoms with Crippen LogP contribution in [0.2, 0.25) is 5.02 Å². The first-order valence-corrected chi connectivity index (χ1v) is 6.71. The predicted octanol–water partition coefficient (Wildman–Crippen LogP) is 3.30. The molecule has 2 aromatic heterocycles. The molecule has 21 heavy (non-hydrogen) atoms. The highest BCUT2D eigenvalue weighted by molar-refractivity contribution is 6.34. The lowest BCUT2D eigenvalue weighted by molar-refractivity contribution is 0.561. The van der Waals surface area contributed by atoms with Crippen molar-refractivity contribution in [2.45, 2.75) is 20.4 Å². The molecular formula is C14H12ClN5O. The number of anilines is 1. The minimum atomic E-state index is 0.487. The Bertz CT molecular complexity index is 858. The van der Waals surface area contributed by atoms with Crippen molar-refractivity contribution in [1.29, 1.82) is 5.26 Å². The molecule has 0 aliphatic rings. The third-order valence-electron chi connectivity index (χ3n) is 3.13. The molecule has 0 radical (unpaired) electrons. The second kappa shape index (κ2) is 5.11. The van der Waals surface area contributed by atoms with E-state index in [1.54, 1.807) is 13.8 Å². The first-order valence-electron chi connectivity index (χ1n) is 6.33. The summed E-state index contributed by atoms with van der Waals surface area (Å²) in [6.07, 6.45) is 0. The number of oxazole rings is 1. The molecule has 6 nitrogen and oxygen atoms in total. The summed E-state index contributed by atoms with van der Waals surface area (Å²) in [4.78, 5) is 4.27. The van der Waals surface area contributed by atoms with E-state index in [1.807, 2.05) is 12.1 Å². The van der Waals surface area contributed by atoms with Gasteiger partial charge in [-0.25, -0.2) is 4.98 Å². The van der Waals surface area contributed by atoms with Crippen LogP contribution in [0.15, 0.2) is 16.5 Å². The molecule has 2 N–H and O–H groups in total. The van der Waals surface area contributed by atoms with E-state index >= 15 is 0 Å². The minimum absolute atomic E-state index is 0.487. The molecule has 0 aliphatic heterocycles. The monoisotopic (exact) mass is 301 g/mol. The van der Waals surface area contributed by atoms with Crippen molar-refractivity contribution < 1.29 is 4.42 Å². The third kappa shape index (κ3) is 2.43. The van der Waals surface area contributed by atoms with Gasteiger partial charge in [0.15, 0.2) is 17.3 Å². The predicted molar refractivity (Wildman–Crippen MR) is 79.1 cm³/mol. The maximum atomic E-state index is 9.08. The average Bonchev–Trinajstić information content (AvgIpc) is 2.99. The molecule has 0 atom stereocenters. The zero-order chi connectivity index (χ0) is 15.0. The van der Waals surface area contributed by atoms with Crippen LogP contribution < -0.4 is 5.32 Å². The second-order valence-corrected chi connectivity index (χ2v) is 5.10. The van der Waals surface area contributed by atoms with Gasteiger partial charge in [0.2, 0.25) is 0 Å². The third-order valence-corrected chi connectivity index (χ3v) is 3.41. The van der Waals surface area contributed by atoms with E-state index in [0.29, 0.717) is 34.4 Å². The number of aromatic nitrogens is 3. The maximum Gasteiger partial charge on any atom is 0.192 e. The van der Waals surface area contributed by atoms with E-state index in [4.69, 9.17) is 21.3 Å². The number of rotatable bonds is 3. The van der Waals surface area contributed by atoms with Gasteiger partial charge in [0.1, 0.15) is 17.1 Å². The molecule has 0 amide bonds. The van der Waals surface area contributed by atoms with E-state index in [2.05, 4.69) is 26.6 Å². The van der Waals surface area contributed by atoms with Crippen LogP contribution in [0.5, 0.6) is 0 Å². The normalized spacial score (nSPS) is 10.8. The lowest BCUT2D eigenvalue weighted by Gasteiger charge is -2.04. The zero-order valence-electron chi connectivity index (χ0n) is 11.5. The largest absolute Gasteiger partial charge is 0.439 e. The van der Waals surface area contributed by atoms with Crippen LogP contribution in [-0.4, -0.2) is 15.2 Å². The molecule has 0 aliphatic carbocycles. The summed E-state index contributed by atoms with van der Waals surface area (Å²) in [5, 5.41) is 19.6. The molecule has 0 saturated carbocycles. The quantitative estimate of drug-likeness (QED) is 0.774. The van der Waals surface area contributed by atoms with Gasteiger partial charge in [-0.2, -0.15) is 10.4 Å². The standard InChI is InChI=1S/C14H12ClN5O/c1-7-10(5-16)14(20-19-7)17-6-9-3-11(15)13-12(4-9)18-8(2)21-13/h3-4H,6H2,1-2H3,(H2,17,19,20). The van der Waals surface area contributed by atoms with E-state index in [0.717, 1.165) is 16.8 Å². The molecule has 0 fully saturated rings. The lowest BCUT2D eigenvalue weighted by atomic mass is 10.2. The van der Waals surface area contributed by atoms with E-state index in [-0.39, 0.29) is 0 Å². The smallest absolute Gasteiger partial charge is 0.192 e. The first kappa shape index (κ1) is 13.5. The average molecular weight is 302 g/mol. The highest BCUT2D eigenvalue weighted by atomic mass is 35.5. The Balaban J connectivity index is 1.87. The zero-order valence-corrected chi connectivity index (χ0v) is 12.2. The Labute approximate surface area is 125 Å². The lowest BCUT2D eigenvalue weighted by Crippen LogP contribution is -2.01. The molecule has 0 unspecified atom stereocenters. The van der Waals surface area contributed by atoms with Gasteiger partial charge in [-0.3, -0.25) is 5.10 Å². The molecule has 106 valence electrons. The van der Waals surface area contributed by atoms with E-state index in [9.17, 15) is 0 Å². The van der Waals surface area contributed by atoms with Crippen LogP contribution >= 0.6 is 11.6 Å². The summed E-state index contributed by atoms with van der Waals surface area (Å²) in [7, 11) is 0. The minimum Gasteiger partial charge on any atom is -0.439 e. The van der Waals surface area contributed by atoms with Crippen molar-refractivity contribution in [2.24, 2.45) is 0 Å². The van der Waals surface area contributed by atoms with Crippen molar-refractivity contribution in [3.05, 3.63) is 39.9 Å². The SMILES string of the molecule is Cc1nc2cc(CNc3n[nH]c(C)c3C#N)cc(Cl)c2o1. The Kier molecular flexibility index (Phi) is 3.28.